The molecule has 1 saturated carbocycles. The average molecular weight is 527 g/mol. The van der Waals surface area contributed by atoms with E-state index in [1.165, 1.54) is 4.90 Å². The zero-order valence-corrected chi connectivity index (χ0v) is 20.9. The number of aliphatic hydroxyl groups excluding tert-OH is 1. The van der Waals surface area contributed by atoms with E-state index in [9.17, 15) is 24.6 Å². The third kappa shape index (κ3) is 3.74. The summed E-state index contributed by atoms with van der Waals surface area (Å²) >= 11 is 3.57. The molecule has 2 bridgehead atoms. The van der Waals surface area contributed by atoms with E-state index in [2.05, 4.69) is 22.5 Å². The number of carbonyl (C=O) groups excluding carboxylic acids is 2. The molecule has 8 nitrogen and oxygen atoms in total. The number of carbonyl (C=O) groups is 3. The number of halogens is 1. The van der Waals surface area contributed by atoms with Crippen molar-refractivity contribution in [3.05, 3.63) is 12.7 Å². The summed E-state index contributed by atoms with van der Waals surface area (Å²) in [6.07, 6.45) is 6.44. The van der Waals surface area contributed by atoms with Gasteiger partial charge in [-0.25, -0.2) is 0 Å². The minimum Gasteiger partial charge on any atom is -0.481 e. The number of hydrogen-bond acceptors (Lipinski definition) is 5. The smallest absolute Gasteiger partial charge is 0.310 e. The summed E-state index contributed by atoms with van der Waals surface area (Å²) in [6.45, 7) is 7.69. The van der Waals surface area contributed by atoms with Crippen LogP contribution in [0.15, 0.2) is 12.7 Å². The second-order valence-electron chi connectivity index (χ2n) is 10.3. The second kappa shape index (κ2) is 9.30. The van der Waals surface area contributed by atoms with Crippen molar-refractivity contribution in [3.8, 4) is 0 Å². The van der Waals surface area contributed by atoms with Crippen LogP contribution in [0.25, 0.3) is 0 Å². The summed E-state index contributed by atoms with van der Waals surface area (Å²) in [5, 5.41) is 20.2. The van der Waals surface area contributed by atoms with Gasteiger partial charge in [-0.05, 0) is 25.2 Å². The van der Waals surface area contributed by atoms with E-state index in [4.69, 9.17) is 4.74 Å². The maximum absolute atomic E-state index is 14.3. The number of alkyl halides is 1. The monoisotopic (exact) mass is 526 g/mol. The second-order valence-corrected chi connectivity index (χ2v) is 11.5. The van der Waals surface area contributed by atoms with Gasteiger partial charge in [0.15, 0.2) is 0 Å². The first-order valence-corrected chi connectivity index (χ1v) is 13.0. The highest BCUT2D eigenvalue weighted by Crippen LogP contribution is 2.60. The van der Waals surface area contributed by atoms with Crippen molar-refractivity contribution < 1.29 is 29.3 Å². The molecule has 2 N–H and O–H groups in total. The van der Waals surface area contributed by atoms with Gasteiger partial charge < -0.3 is 24.7 Å². The van der Waals surface area contributed by atoms with Crippen LogP contribution >= 0.6 is 15.9 Å². The molecule has 1 spiro atoms. The van der Waals surface area contributed by atoms with Crippen LogP contribution in [0.1, 0.15) is 52.4 Å². The van der Waals surface area contributed by atoms with Crippen molar-refractivity contribution in [2.24, 2.45) is 17.8 Å². The number of fused-ring (bicyclic) bond motifs is 1. The highest BCUT2D eigenvalue weighted by atomic mass is 79.9. The molecule has 2 amide bonds. The van der Waals surface area contributed by atoms with E-state index in [-0.39, 0.29) is 29.3 Å². The van der Waals surface area contributed by atoms with Crippen LogP contribution in [0.3, 0.4) is 0 Å². The molecule has 184 valence electrons. The SMILES string of the molecule is C=CCN(C(=O)C1N([C@@H](CO)C(C)C)C(=O)[C@@H]2[C@@H](C(=O)O)[C@@H]3OC12CC3Br)C1CCCCC1. The largest absolute Gasteiger partial charge is 0.481 e. The Morgan fingerprint density at radius 2 is 2.00 bits per heavy atom. The Balaban J connectivity index is 1.81. The number of hydrogen-bond donors (Lipinski definition) is 2. The number of carboxylic acids is 1. The molecule has 3 unspecified atom stereocenters. The fourth-order valence-corrected chi connectivity index (χ4v) is 7.66. The lowest BCUT2D eigenvalue weighted by molar-refractivity contribution is -0.155. The highest BCUT2D eigenvalue weighted by molar-refractivity contribution is 9.09. The van der Waals surface area contributed by atoms with Crippen LogP contribution in [-0.4, -0.2) is 85.6 Å². The number of likely N-dealkylation sites (tertiary alicyclic amines) is 1. The number of aliphatic carboxylic acids is 1. The number of rotatable bonds is 8. The molecule has 0 aromatic carbocycles. The summed E-state index contributed by atoms with van der Waals surface area (Å²) in [7, 11) is 0. The van der Waals surface area contributed by atoms with E-state index in [0.29, 0.717) is 13.0 Å². The molecular formula is C24H35BrN2O6. The minimum atomic E-state index is -1.22. The van der Waals surface area contributed by atoms with E-state index in [1.807, 2.05) is 18.7 Å². The van der Waals surface area contributed by atoms with Crippen molar-refractivity contribution in [1.82, 2.24) is 9.80 Å². The quantitative estimate of drug-likeness (QED) is 0.370. The Kier molecular flexibility index (Phi) is 6.95. The van der Waals surface area contributed by atoms with Crippen LogP contribution in [0.2, 0.25) is 0 Å². The molecule has 0 aromatic rings. The molecule has 3 heterocycles. The number of aliphatic hydroxyl groups is 1. The molecule has 33 heavy (non-hydrogen) atoms. The fourth-order valence-electron chi connectivity index (χ4n) is 6.71. The molecule has 9 heteroatoms. The normalized spacial score (nSPS) is 36.8. The van der Waals surface area contributed by atoms with Gasteiger partial charge in [0, 0.05) is 17.4 Å². The van der Waals surface area contributed by atoms with E-state index < -0.39 is 47.5 Å². The topological polar surface area (TPSA) is 107 Å². The van der Waals surface area contributed by atoms with E-state index >= 15 is 0 Å². The molecule has 7 atom stereocenters. The van der Waals surface area contributed by atoms with Gasteiger partial charge >= 0.3 is 5.97 Å². The Morgan fingerprint density at radius 1 is 1.33 bits per heavy atom. The van der Waals surface area contributed by atoms with Crippen LogP contribution in [0, 0.1) is 17.8 Å². The number of amides is 2. The first-order valence-electron chi connectivity index (χ1n) is 12.1. The van der Waals surface area contributed by atoms with Crippen LogP contribution in [-0.2, 0) is 19.1 Å². The molecule has 3 saturated heterocycles. The van der Waals surface area contributed by atoms with E-state index in [0.717, 1.165) is 32.1 Å². The Labute approximate surface area is 203 Å². The summed E-state index contributed by atoms with van der Waals surface area (Å²) in [6, 6.07) is -1.52. The lowest BCUT2D eigenvalue weighted by Gasteiger charge is -2.43. The lowest BCUT2D eigenvalue weighted by atomic mass is 9.70. The van der Waals surface area contributed by atoms with Gasteiger partial charge in [-0.3, -0.25) is 14.4 Å². The average Bonchev–Trinajstić information content (AvgIpc) is 3.36. The third-order valence-electron chi connectivity index (χ3n) is 8.18. The number of ether oxygens (including phenoxy) is 1. The lowest BCUT2D eigenvalue weighted by Crippen LogP contribution is -2.61. The van der Waals surface area contributed by atoms with Gasteiger partial charge in [0.2, 0.25) is 11.8 Å². The summed E-state index contributed by atoms with van der Waals surface area (Å²) < 4.78 is 6.35. The Hall–Kier alpha value is -1.45. The van der Waals surface area contributed by atoms with Crippen molar-refractivity contribution in [2.45, 2.75) is 87.0 Å². The predicted octanol–water partition coefficient (Wildman–Crippen LogP) is 2.18. The van der Waals surface area contributed by atoms with Crippen molar-refractivity contribution in [1.29, 1.82) is 0 Å². The fraction of sp³-hybridized carbons (Fsp3) is 0.792. The van der Waals surface area contributed by atoms with Crippen LogP contribution in [0.5, 0.6) is 0 Å². The van der Waals surface area contributed by atoms with Crippen LogP contribution < -0.4 is 0 Å². The maximum Gasteiger partial charge on any atom is 0.310 e. The standard InChI is InChI=1S/C24H35BrN2O6/c1-4-10-26(14-8-6-5-7-9-14)22(30)20-24-11-15(25)19(33-24)17(23(31)32)18(24)21(29)27(20)16(12-28)13(2)3/h4,13-20,28H,1,5-12H2,2-3H3,(H,31,32)/t15?,16-,17+,18-,19+,20?,24?/m0/s1. The van der Waals surface area contributed by atoms with Gasteiger partial charge in [-0.2, -0.15) is 0 Å². The molecule has 0 aromatic heterocycles. The van der Waals surface area contributed by atoms with Gasteiger partial charge in [0.25, 0.3) is 0 Å². The third-order valence-corrected chi connectivity index (χ3v) is 9.03. The highest BCUT2D eigenvalue weighted by Gasteiger charge is 2.77. The van der Waals surface area contributed by atoms with Gasteiger partial charge in [0.05, 0.1) is 30.6 Å². The first kappa shape index (κ1) is 24.7. The van der Waals surface area contributed by atoms with Crippen molar-refractivity contribution >= 4 is 33.7 Å². The molecular weight excluding hydrogens is 492 g/mol. The molecule has 4 rings (SSSR count). The number of carboxylic acid groups (broad SMARTS) is 1. The molecule has 1 aliphatic carbocycles. The summed E-state index contributed by atoms with van der Waals surface area (Å²) in [5.41, 5.74) is -1.22. The number of nitrogens with zero attached hydrogens (tertiary/aromatic N) is 2. The zero-order chi connectivity index (χ0) is 24.1. The van der Waals surface area contributed by atoms with E-state index in [1.54, 1.807) is 6.08 Å². The Bertz CT molecular complexity index is 815. The van der Waals surface area contributed by atoms with Gasteiger partial charge in [0.1, 0.15) is 11.6 Å². The summed E-state index contributed by atoms with van der Waals surface area (Å²) in [4.78, 5) is 43.4. The van der Waals surface area contributed by atoms with Crippen molar-refractivity contribution in [2.75, 3.05) is 13.2 Å². The predicted molar refractivity (Wildman–Crippen MR) is 125 cm³/mol. The van der Waals surface area contributed by atoms with Gasteiger partial charge in [-0.1, -0.05) is 55.1 Å². The molecule has 3 aliphatic heterocycles. The minimum absolute atomic E-state index is 0.0527. The molecule has 4 fully saturated rings. The van der Waals surface area contributed by atoms with Crippen LogP contribution in [0.4, 0.5) is 0 Å². The molecule has 4 aliphatic rings. The first-order chi connectivity index (χ1) is 15.7. The van der Waals surface area contributed by atoms with Gasteiger partial charge in [-0.15, -0.1) is 6.58 Å². The van der Waals surface area contributed by atoms with Crippen molar-refractivity contribution in [3.63, 3.8) is 0 Å². The maximum atomic E-state index is 14.3. The summed E-state index contributed by atoms with van der Waals surface area (Å²) in [5.74, 6) is -3.77. The zero-order valence-electron chi connectivity index (χ0n) is 19.4. The molecule has 0 radical (unpaired) electrons. The Morgan fingerprint density at radius 3 is 2.55 bits per heavy atom.